The van der Waals surface area contributed by atoms with Crippen molar-refractivity contribution in [1.29, 1.82) is 0 Å². The second kappa shape index (κ2) is 8.97. The van der Waals surface area contributed by atoms with Crippen LogP contribution in [-0.2, 0) is 9.59 Å². The summed E-state index contributed by atoms with van der Waals surface area (Å²) in [5.41, 5.74) is 4.92. The number of carbonyl (C=O) groups is 2. The number of rotatable bonds is 4. The first kappa shape index (κ1) is 20.5. The normalized spacial score (nSPS) is 11.4. The Morgan fingerprint density at radius 2 is 1.03 bits per heavy atom. The van der Waals surface area contributed by atoms with E-state index in [1.807, 2.05) is 36.4 Å². The molecular weight excluding hydrogens is 408 g/mol. The zero-order valence-electron chi connectivity index (χ0n) is 16.7. The maximum absolute atomic E-state index is 11.9. The highest BCUT2D eigenvalue weighted by atomic mass is 16.3. The molecule has 4 aromatic rings. The van der Waals surface area contributed by atoms with Crippen LogP contribution in [0.5, 0.6) is 11.5 Å². The summed E-state index contributed by atoms with van der Waals surface area (Å²) in [5, 5.41) is 31.1. The van der Waals surface area contributed by atoms with Crippen molar-refractivity contribution in [2.24, 2.45) is 10.2 Å². The van der Waals surface area contributed by atoms with Crippen molar-refractivity contribution in [1.82, 2.24) is 10.9 Å². The molecule has 0 saturated carbocycles. The number of phenolic OH excluding ortho intramolecular Hbond substituents is 2. The molecule has 0 unspecified atom stereocenters. The van der Waals surface area contributed by atoms with E-state index in [9.17, 15) is 19.8 Å². The molecule has 8 heteroatoms. The Balaban J connectivity index is 1.37. The summed E-state index contributed by atoms with van der Waals surface area (Å²) in [6.07, 6.45) is 2.48. The lowest BCUT2D eigenvalue weighted by atomic mass is 10.1. The van der Waals surface area contributed by atoms with Gasteiger partial charge in [-0.25, -0.2) is 10.9 Å². The molecule has 0 saturated heterocycles. The van der Waals surface area contributed by atoms with Crippen LogP contribution in [0, 0.1) is 0 Å². The highest BCUT2D eigenvalue weighted by Gasteiger charge is 2.12. The number of hydrogen-bond acceptors (Lipinski definition) is 6. The number of benzene rings is 4. The van der Waals surface area contributed by atoms with Gasteiger partial charge in [0, 0.05) is 21.9 Å². The molecule has 0 spiro atoms. The fourth-order valence-electron chi connectivity index (χ4n) is 3.17. The van der Waals surface area contributed by atoms with Crippen LogP contribution < -0.4 is 10.9 Å². The summed E-state index contributed by atoms with van der Waals surface area (Å²) in [6.45, 7) is 0. The lowest BCUT2D eigenvalue weighted by Gasteiger charge is -2.04. The van der Waals surface area contributed by atoms with Gasteiger partial charge in [0.2, 0.25) is 0 Å². The molecule has 0 heterocycles. The van der Waals surface area contributed by atoms with Crippen molar-refractivity contribution in [3.63, 3.8) is 0 Å². The number of hydrazone groups is 2. The lowest BCUT2D eigenvalue weighted by Crippen LogP contribution is -2.35. The van der Waals surface area contributed by atoms with Gasteiger partial charge in [-0.1, -0.05) is 60.7 Å². The molecule has 0 aliphatic rings. The zero-order valence-corrected chi connectivity index (χ0v) is 16.7. The van der Waals surface area contributed by atoms with Gasteiger partial charge in [-0.15, -0.1) is 0 Å². The van der Waals surface area contributed by atoms with Gasteiger partial charge in [0.05, 0.1) is 12.4 Å². The van der Waals surface area contributed by atoms with Crippen LogP contribution in [0.3, 0.4) is 0 Å². The predicted octanol–water partition coefficient (Wildman–Crippen LogP) is 3.00. The van der Waals surface area contributed by atoms with Gasteiger partial charge >= 0.3 is 11.8 Å². The van der Waals surface area contributed by atoms with Gasteiger partial charge in [-0.3, -0.25) is 9.59 Å². The average molecular weight is 426 g/mol. The van der Waals surface area contributed by atoms with E-state index >= 15 is 0 Å². The Morgan fingerprint density at radius 1 is 0.625 bits per heavy atom. The molecule has 0 aromatic heterocycles. The summed E-state index contributed by atoms with van der Waals surface area (Å²) in [7, 11) is 0. The van der Waals surface area contributed by atoms with Crippen molar-refractivity contribution in [3.8, 4) is 11.5 Å². The van der Waals surface area contributed by atoms with Crippen molar-refractivity contribution in [2.45, 2.75) is 0 Å². The van der Waals surface area contributed by atoms with E-state index in [4.69, 9.17) is 0 Å². The second-order valence-corrected chi connectivity index (χ2v) is 6.85. The van der Waals surface area contributed by atoms with Crippen LogP contribution in [0.25, 0.3) is 21.5 Å². The second-order valence-electron chi connectivity index (χ2n) is 6.85. The van der Waals surface area contributed by atoms with Gasteiger partial charge in [-0.05, 0) is 22.9 Å². The Hall–Kier alpha value is -4.72. The van der Waals surface area contributed by atoms with Gasteiger partial charge < -0.3 is 10.2 Å². The summed E-state index contributed by atoms with van der Waals surface area (Å²) in [5.74, 6) is -2.04. The number of hydrogen-bond donors (Lipinski definition) is 4. The number of phenols is 2. The molecule has 0 aliphatic carbocycles. The molecule has 4 rings (SSSR count). The fourth-order valence-corrected chi connectivity index (χ4v) is 3.17. The standard InChI is InChI=1S/C24H18N4O4/c29-21-17(11-9-15-5-1-3-7-19(15)21)13-25-27-23(31)24(32)28-26-14-18-12-10-16-6-2-4-8-20(16)22(18)30/h1-14,29-30H,(H,27,31)(H,28,32)/b25-13+,26-14+. The van der Waals surface area contributed by atoms with Crippen LogP contribution >= 0.6 is 0 Å². The summed E-state index contributed by atoms with van der Waals surface area (Å²) < 4.78 is 0. The smallest absolute Gasteiger partial charge is 0.331 e. The topological polar surface area (TPSA) is 123 Å². The quantitative estimate of drug-likeness (QED) is 0.228. The van der Waals surface area contributed by atoms with Gasteiger partial charge in [0.1, 0.15) is 11.5 Å². The van der Waals surface area contributed by atoms with Gasteiger partial charge in [0.15, 0.2) is 0 Å². The molecule has 0 fully saturated rings. The first-order valence-electron chi connectivity index (χ1n) is 9.62. The Kier molecular flexibility index (Phi) is 5.76. The maximum atomic E-state index is 11.9. The molecule has 4 aromatic carbocycles. The molecule has 0 radical (unpaired) electrons. The molecule has 0 bridgehead atoms. The monoisotopic (exact) mass is 426 g/mol. The average Bonchev–Trinajstić information content (AvgIpc) is 2.82. The highest BCUT2D eigenvalue weighted by molar-refractivity contribution is 6.35. The number of carbonyl (C=O) groups excluding carboxylic acids is 2. The number of fused-ring (bicyclic) bond motifs is 2. The molecule has 32 heavy (non-hydrogen) atoms. The first-order valence-corrected chi connectivity index (χ1v) is 9.62. The van der Waals surface area contributed by atoms with Crippen molar-refractivity contribution in [2.75, 3.05) is 0 Å². The largest absolute Gasteiger partial charge is 0.507 e. The SMILES string of the molecule is O=C(N/N=C/c1ccc2ccccc2c1O)C(=O)N/N=C/c1ccc2ccccc2c1O. The minimum atomic E-state index is -1.04. The van der Waals surface area contributed by atoms with Crippen molar-refractivity contribution < 1.29 is 19.8 Å². The molecule has 0 aliphatic heterocycles. The van der Waals surface area contributed by atoms with E-state index in [0.717, 1.165) is 10.8 Å². The van der Waals surface area contributed by atoms with Crippen LogP contribution in [-0.4, -0.2) is 34.5 Å². The summed E-state index contributed by atoms with van der Waals surface area (Å²) >= 11 is 0. The number of aromatic hydroxyl groups is 2. The zero-order chi connectivity index (χ0) is 22.5. The Bertz CT molecular complexity index is 1290. The van der Waals surface area contributed by atoms with E-state index in [1.165, 1.54) is 12.4 Å². The Labute approximate surface area is 182 Å². The van der Waals surface area contributed by atoms with Crippen LogP contribution in [0.4, 0.5) is 0 Å². The summed E-state index contributed by atoms with van der Waals surface area (Å²) in [4.78, 5) is 23.8. The van der Waals surface area contributed by atoms with Gasteiger partial charge in [-0.2, -0.15) is 10.2 Å². The number of nitrogens with one attached hydrogen (secondary N) is 2. The molecule has 158 valence electrons. The third-order valence-corrected chi connectivity index (χ3v) is 4.81. The van der Waals surface area contributed by atoms with Crippen LogP contribution in [0.15, 0.2) is 83.0 Å². The lowest BCUT2D eigenvalue weighted by molar-refractivity contribution is -0.139. The minimum Gasteiger partial charge on any atom is -0.507 e. The number of nitrogens with zero attached hydrogens (tertiary/aromatic N) is 2. The van der Waals surface area contributed by atoms with Crippen molar-refractivity contribution in [3.05, 3.63) is 83.9 Å². The van der Waals surface area contributed by atoms with E-state index in [0.29, 0.717) is 21.9 Å². The van der Waals surface area contributed by atoms with E-state index in [1.54, 1.807) is 36.4 Å². The Morgan fingerprint density at radius 3 is 1.47 bits per heavy atom. The molecule has 2 amide bonds. The van der Waals surface area contributed by atoms with Gasteiger partial charge in [0.25, 0.3) is 0 Å². The maximum Gasteiger partial charge on any atom is 0.331 e. The molecule has 0 atom stereocenters. The van der Waals surface area contributed by atoms with Crippen molar-refractivity contribution >= 4 is 45.8 Å². The third-order valence-electron chi connectivity index (χ3n) is 4.81. The predicted molar refractivity (Wildman–Crippen MR) is 123 cm³/mol. The number of amides is 2. The fraction of sp³-hybridized carbons (Fsp3) is 0. The minimum absolute atomic E-state index is 0.0188. The third kappa shape index (κ3) is 4.24. The van der Waals surface area contributed by atoms with Crippen LogP contribution in [0.1, 0.15) is 11.1 Å². The summed E-state index contributed by atoms with van der Waals surface area (Å²) in [6, 6.07) is 21.5. The molecular formula is C24H18N4O4. The van der Waals surface area contributed by atoms with E-state index in [-0.39, 0.29) is 11.5 Å². The van der Waals surface area contributed by atoms with E-state index < -0.39 is 11.8 Å². The van der Waals surface area contributed by atoms with Crippen LogP contribution in [0.2, 0.25) is 0 Å². The molecule has 4 N–H and O–H groups in total. The van der Waals surface area contributed by atoms with E-state index in [2.05, 4.69) is 21.1 Å². The highest BCUT2D eigenvalue weighted by Crippen LogP contribution is 2.28. The first-order chi connectivity index (χ1) is 15.5. The molecule has 8 nitrogen and oxygen atoms in total.